The van der Waals surface area contributed by atoms with E-state index in [-0.39, 0.29) is 5.82 Å². The molecule has 17 rings (SSSR count). The molecule has 0 spiro atoms. The number of benzene rings is 6. The van der Waals surface area contributed by atoms with Crippen molar-refractivity contribution in [2.75, 3.05) is 21.3 Å². The van der Waals surface area contributed by atoms with Gasteiger partial charge in [-0.1, -0.05) is 184 Å². The van der Waals surface area contributed by atoms with Gasteiger partial charge < -0.3 is 28.0 Å². The number of pyridine rings is 2. The number of hydrogen-bond acceptors (Lipinski definition) is 18. The third kappa shape index (κ3) is 29.2. The van der Waals surface area contributed by atoms with Crippen molar-refractivity contribution in [1.29, 1.82) is 0 Å². The lowest BCUT2D eigenvalue weighted by molar-refractivity contribution is 0.306. The summed E-state index contributed by atoms with van der Waals surface area (Å²) >= 11 is 3.39. The quantitative estimate of drug-likeness (QED) is 0.0933. The standard InChI is InChI=1S/C14H18N2O.C12H16N2O.C11H13FN2.C11H14N2.C11H13NO2.C10H11NO.2C9H13N.C7H11NOS.C7H11NS/c1-9(2)10-6-11-8-16(3)15-14(11)13(7-10)17-12-4-5-12;1-8(2)9-5-10-7-14(3)13-12(10)11(6-9)15-4;1-7(2)8-4-9-6-14(3)13-11(9)10(12)5-8;1-8(2)9-4-5-11-10(6-9)7-13(3)12-11;1-7(2)8-4-9-6-14-12-11(9)10(5-8)13-3;1-7(2)8-3-4-10-9(5-8)6-12-11-10;2*1-7(2)9-5-4-8(3)10-6-9;1-5(2)6-4-8-7(9-3)10-6;1-5(2)7-4-8-6(3)9-7/h6-9,12H,4-5H2,1-3H3;5-8H,1-4H3;4-7H,1-3H3;4-8H,1-3H3;4-7H,1-3H3;3-7H,1-2H3;2*4-7H,1-3H3;4-5H,1-3H3;4-5H,1-3H3. The molecular weight excluding hydrogens is 1590 g/mol. The number of methoxy groups -OCH3 is 3. The lowest BCUT2D eigenvalue weighted by Gasteiger charge is -2.10. The van der Waals surface area contributed by atoms with Crippen molar-refractivity contribution in [3.63, 3.8) is 0 Å². The zero-order valence-electron chi connectivity index (χ0n) is 78.8. The van der Waals surface area contributed by atoms with Crippen LogP contribution in [0.2, 0.25) is 0 Å². The largest absolute Gasteiger partial charge is 0.494 e. The minimum atomic E-state index is -0.230. The molecule has 124 heavy (non-hydrogen) atoms. The molecule has 10 aromatic heterocycles. The summed E-state index contributed by atoms with van der Waals surface area (Å²) in [6.45, 7) is 49.3. The number of aromatic nitrogens is 14. The maximum Gasteiger partial charge on any atom is 0.273 e. The summed E-state index contributed by atoms with van der Waals surface area (Å²) in [5.74, 6) is 7.72. The highest BCUT2D eigenvalue weighted by Crippen LogP contribution is 2.36. The van der Waals surface area contributed by atoms with Crippen LogP contribution in [-0.2, 0) is 28.2 Å². The second-order valence-corrected chi connectivity index (χ2v) is 36.8. The molecule has 0 N–H and O–H groups in total. The molecule has 0 radical (unpaired) electrons. The first-order chi connectivity index (χ1) is 58.8. The fourth-order valence-corrected chi connectivity index (χ4v) is 14.0. The highest BCUT2D eigenvalue weighted by Gasteiger charge is 2.26. The second-order valence-electron chi connectivity index (χ2n) is 34.5. The van der Waals surface area contributed by atoms with E-state index in [1.54, 1.807) is 74.3 Å². The predicted molar refractivity (Wildman–Crippen MR) is 512 cm³/mol. The van der Waals surface area contributed by atoms with E-state index in [1.807, 2.05) is 111 Å². The van der Waals surface area contributed by atoms with Gasteiger partial charge in [0, 0.05) is 131 Å². The number of rotatable bonds is 15. The van der Waals surface area contributed by atoms with E-state index in [0.29, 0.717) is 70.8 Å². The molecule has 1 aliphatic carbocycles. The first-order valence-electron chi connectivity index (χ1n) is 43.1. The van der Waals surface area contributed by atoms with Crippen molar-refractivity contribution < 1.29 is 32.4 Å². The average molecular weight is 1720 g/mol. The van der Waals surface area contributed by atoms with E-state index in [4.69, 9.17) is 28.0 Å². The minimum Gasteiger partial charge on any atom is -0.494 e. The first kappa shape index (κ1) is 98.3. The van der Waals surface area contributed by atoms with Crippen molar-refractivity contribution >= 4 is 88.1 Å². The van der Waals surface area contributed by atoms with E-state index >= 15 is 0 Å². The first-order valence-corrected chi connectivity index (χ1v) is 44.7. The summed E-state index contributed by atoms with van der Waals surface area (Å²) in [7, 11) is 12.6. The van der Waals surface area contributed by atoms with Crippen LogP contribution >= 0.6 is 22.7 Å². The molecule has 662 valence electrons. The summed E-state index contributed by atoms with van der Waals surface area (Å²) in [4.78, 5) is 19.3. The number of ether oxygens (including phenoxy) is 4. The predicted octanol–water partition coefficient (Wildman–Crippen LogP) is 27.3. The molecule has 0 aliphatic heterocycles. The average Bonchev–Trinajstić information content (AvgIpc) is 1.63. The molecule has 0 atom stereocenters. The second kappa shape index (κ2) is 46.5. The number of hydrogen-bond donors (Lipinski definition) is 0. The summed E-state index contributed by atoms with van der Waals surface area (Å²) in [5.41, 5.74) is 17.5. The Balaban J connectivity index is 0.000000172. The SMILES string of the molecule is CC(C)c1cc(F)c2nn(C)cc2c1.CC(C)c1cc(OC2CC2)c2nn(C)cc2c1.CC(C)c1ccc2nn(C)cc2c1.CC(C)c1ccc2nocc2c1.COc1cc(C(C)C)cc2cn(C)nc12.COc1cc(C(C)C)cc2conc12.COc1ncc(C(C)C)s1.Cc1ccc(C(C)C)cn1.Cc1ccc(C(C)C)cn1.Cc1ncc(C(C)C)s1. The molecule has 16 aromatic rings. The molecule has 23 heteroatoms. The Hall–Kier alpha value is -11.2. The van der Waals surface area contributed by atoms with Gasteiger partial charge in [-0.3, -0.25) is 28.7 Å². The Labute approximate surface area is 742 Å². The highest BCUT2D eigenvalue weighted by atomic mass is 32.1. The summed E-state index contributed by atoms with van der Waals surface area (Å²) in [6, 6.07) is 37.3. The van der Waals surface area contributed by atoms with Gasteiger partial charge in [-0.2, -0.15) is 20.4 Å². The molecule has 1 fully saturated rings. The van der Waals surface area contributed by atoms with Crippen LogP contribution in [0, 0.1) is 26.6 Å². The zero-order valence-corrected chi connectivity index (χ0v) is 80.5. The van der Waals surface area contributed by atoms with Gasteiger partial charge in [-0.05, 0) is 222 Å². The normalized spacial score (nSPS) is 11.7. The van der Waals surface area contributed by atoms with Gasteiger partial charge in [0.2, 0.25) is 0 Å². The van der Waals surface area contributed by atoms with Crippen molar-refractivity contribution in [3.8, 4) is 22.4 Å². The highest BCUT2D eigenvalue weighted by molar-refractivity contribution is 7.13. The third-order valence-electron chi connectivity index (χ3n) is 20.5. The van der Waals surface area contributed by atoms with E-state index < -0.39 is 0 Å². The lowest BCUT2D eigenvalue weighted by Crippen LogP contribution is -1.98. The summed E-state index contributed by atoms with van der Waals surface area (Å²) < 4.78 is 52.0. The van der Waals surface area contributed by atoms with Crippen LogP contribution in [0.15, 0.2) is 180 Å². The topological polar surface area (TPSA) is 212 Å². The Morgan fingerprint density at radius 2 is 0.726 bits per heavy atom. The van der Waals surface area contributed by atoms with Gasteiger partial charge in [0.15, 0.2) is 11.3 Å². The van der Waals surface area contributed by atoms with Gasteiger partial charge >= 0.3 is 0 Å². The Kier molecular flexibility index (Phi) is 36.9. The van der Waals surface area contributed by atoms with Crippen molar-refractivity contribution in [2.24, 2.45) is 28.2 Å². The number of nitrogens with zero attached hydrogens (tertiary/aromatic N) is 14. The fraction of sp³-hybridized carbons (Fsp3) is 0.426. The third-order valence-corrected chi connectivity index (χ3v) is 23.0. The summed E-state index contributed by atoms with van der Waals surface area (Å²) in [5, 5.41) is 33.4. The van der Waals surface area contributed by atoms with Crippen LogP contribution < -0.4 is 18.9 Å². The van der Waals surface area contributed by atoms with Gasteiger partial charge in [0.1, 0.15) is 51.8 Å². The molecule has 0 saturated heterocycles. The van der Waals surface area contributed by atoms with Gasteiger partial charge in [-0.25, -0.2) is 14.4 Å². The molecule has 20 nitrogen and oxygen atoms in total. The monoisotopic (exact) mass is 1720 g/mol. The fourth-order valence-electron chi connectivity index (χ4n) is 12.5. The van der Waals surface area contributed by atoms with Crippen LogP contribution in [-0.4, -0.2) is 96.8 Å². The molecule has 0 unspecified atom stereocenters. The number of aryl methyl sites for hydroxylation is 7. The molecule has 0 bridgehead atoms. The number of halogens is 1. The van der Waals surface area contributed by atoms with E-state index in [1.165, 1.54) is 77.3 Å². The molecule has 1 aliphatic rings. The molecule has 0 amide bonds. The minimum absolute atomic E-state index is 0.230. The summed E-state index contributed by atoms with van der Waals surface area (Å²) in [6.07, 6.45) is 21.8. The number of fused-ring (bicyclic) bond motifs is 6. The smallest absolute Gasteiger partial charge is 0.273 e. The van der Waals surface area contributed by atoms with Crippen molar-refractivity contribution in [1.82, 2.24) is 69.4 Å². The van der Waals surface area contributed by atoms with Crippen LogP contribution in [0.5, 0.6) is 22.4 Å². The Morgan fingerprint density at radius 3 is 1.15 bits per heavy atom. The molecule has 6 aromatic carbocycles. The van der Waals surface area contributed by atoms with Crippen LogP contribution in [0.4, 0.5) is 4.39 Å². The van der Waals surface area contributed by atoms with Gasteiger partial charge in [0.25, 0.3) is 5.19 Å². The molecule has 1 saturated carbocycles. The van der Waals surface area contributed by atoms with E-state index in [0.717, 1.165) is 88.5 Å². The molecule has 10 heterocycles. The molecular formula is C101H133FN14O6S2. The van der Waals surface area contributed by atoms with Crippen LogP contribution in [0.25, 0.3) is 65.4 Å². The zero-order chi connectivity index (χ0) is 90.9. The maximum absolute atomic E-state index is 13.5. The van der Waals surface area contributed by atoms with Crippen molar-refractivity contribution in [3.05, 3.63) is 248 Å². The van der Waals surface area contributed by atoms with Gasteiger partial charge in [0.05, 0.1) is 38.0 Å². The maximum atomic E-state index is 13.5. The Morgan fingerprint density at radius 1 is 0.347 bits per heavy atom. The van der Waals surface area contributed by atoms with Crippen molar-refractivity contribution in [2.45, 2.75) is 237 Å². The van der Waals surface area contributed by atoms with Gasteiger partial charge in [-0.15, -0.1) is 11.3 Å². The van der Waals surface area contributed by atoms with E-state index in [9.17, 15) is 4.39 Å². The van der Waals surface area contributed by atoms with E-state index in [2.05, 4.69) is 286 Å². The van der Waals surface area contributed by atoms with Crippen LogP contribution in [0.3, 0.4) is 0 Å². The lowest BCUT2D eigenvalue weighted by atomic mass is 10.0. The Bertz CT molecular complexity index is 5880. The van der Waals surface area contributed by atoms with Crippen LogP contribution in [0.1, 0.15) is 281 Å². The number of thiazole rings is 2.